The quantitative estimate of drug-likeness (QED) is 0.713. The summed E-state index contributed by atoms with van der Waals surface area (Å²) in [6.07, 6.45) is 1.74. The third-order valence-electron chi connectivity index (χ3n) is 2.66. The number of nitrogens with zero attached hydrogens (tertiary/aromatic N) is 3. The fourth-order valence-electron chi connectivity index (χ4n) is 1.75. The predicted molar refractivity (Wildman–Crippen MR) is 77.1 cm³/mol. The minimum Gasteiger partial charge on any atom is -0.281 e. The third kappa shape index (κ3) is 2.00. The van der Waals surface area contributed by atoms with Crippen LogP contribution in [0.25, 0.3) is 16.4 Å². The highest BCUT2D eigenvalue weighted by atomic mass is 79.9. The van der Waals surface area contributed by atoms with Crippen molar-refractivity contribution < 1.29 is 0 Å². The van der Waals surface area contributed by atoms with Gasteiger partial charge >= 0.3 is 0 Å². The lowest BCUT2D eigenvalue weighted by Gasteiger charge is -2.04. The first-order valence-electron chi connectivity index (χ1n) is 5.47. The van der Waals surface area contributed by atoms with E-state index in [0.717, 1.165) is 20.2 Å². The number of hydrogen-bond acceptors (Lipinski definition) is 3. The molecule has 1 aromatic carbocycles. The number of rotatable bonds is 2. The summed E-state index contributed by atoms with van der Waals surface area (Å²) in [5, 5.41) is 8.24. The third-order valence-corrected chi connectivity index (χ3v) is 4.79. The van der Waals surface area contributed by atoms with Gasteiger partial charge in [-0.05, 0) is 46.6 Å². The van der Waals surface area contributed by atoms with Crippen LogP contribution in [0.1, 0.15) is 5.56 Å². The van der Waals surface area contributed by atoms with Gasteiger partial charge in [0, 0.05) is 5.69 Å². The van der Waals surface area contributed by atoms with Crippen molar-refractivity contribution in [3.8, 4) is 16.4 Å². The van der Waals surface area contributed by atoms with Crippen molar-refractivity contribution in [2.75, 3.05) is 0 Å². The Bertz CT molecular complexity index is 653. The molecule has 0 bridgehead atoms. The first-order chi connectivity index (χ1) is 8.75. The number of hydrogen-bond donors (Lipinski definition) is 0. The summed E-state index contributed by atoms with van der Waals surface area (Å²) in [5.41, 5.74) is 2.29. The van der Waals surface area contributed by atoms with E-state index in [1.807, 2.05) is 34.9 Å². The molecule has 0 aliphatic rings. The van der Waals surface area contributed by atoms with E-state index < -0.39 is 0 Å². The van der Waals surface area contributed by atoms with Crippen LogP contribution in [0.2, 0.25) is 0 Å². The molecule has 2 aromatic heterocycles. The Hall–Kier alpha value is -1.46. The average molecular weight is 320 g/mol. The van der Waals surface area contributed by atoms with Gasteiger partial charge in [-0.15, -0.1) is 21.5 Å². The van der Waals surface area contributed by atoms with Gasteiger partial charge in [-0.3, -0.25) is 4.57 Å². The molecule has 5 heteroatoms. The average Bonchev–Trinajstić information content (AvgIpc) is 2.98. The second kappa shape index (κ2) is 4.66. The Labute approximate surface area is 117 Å². The van der Waals surface area contributed by atoms with Crippen LogP contribution < -0.4 is 0 Å². The lowest BCUT2D eigenvalue weighted by molar-refractivity contribution is 1.07. The van der Waals surface area contributed by atoms with Crippen LogP contribution >= 0.6 is 27.3 Å². The molecule has 90 valence electrons. The Balaban J connectivity index is 2.12. The van der Waals surface area contributed by atoms with E-state index in [4.69, 9.17) is 0 Å². The smallest absolute Gasteiger partial charge is 0.178 e. The van der Waals surface area contributed by atoms with Crippen LogP contribution in [-0.4, -0.2) is 14.8 Å². The number of para-hydroxylation sites is 1. The number of aryl methyl sites for hydroxylation is 1. The highest BCUT2D eigenvalue weighted by Gasteiger charge is 2.12. The highest BCUT2D eigenvalue weighted by Crippen LogP contribution is 2.34. The van der Waals surface area contributed by atoms with E-state index >= 15 is 0 Å². The molecule has 0 atom stereocenters. The van der Waals surface area contributed by atoms with Gasteiger partial charge in [0.25, 0.3) is 0 Å². The van der Waals surface area contributed by atoms with Gasteiger partial charge in [-0.25, -0.2) is 0 Å². The van der Waals surface area contributed by atoms with E-state index in [0.29, 0.717) is 0 Å². The summed E-state index contributed by atoms with van der Waals surface area (Å²) in [4.78, 5) is 1.11. The van der Waals surface area contributed by atoms with Crippen molar-refractivity contribution in [2.45, 2.75) is 6.92 Å². The molecular formula is C13H10BrN3S. The zero-order valence-electron chi connectivity index (χ0n) is 9.67. The molecule has 3 rings (SSSR count). The highest BCUT2D eigenvalue weighted by molar-refractivity contribution is 9.11. The molecule has 0 aliphatic carbocycles. The minimum absolute atomic E-state index is 0.875. The Morgan fingerprint density at radius 3 is 2.67 bits per heavy atom. The zero-order valence-corrected chi connectivity index (χ0v) is 12.1. The Morgan fingerprint density at radius 1 is 1.22 bits per heavy atom. The van der Waals surface area contributed by atoms with Crippen LogP contribution in [0.4, 0.5) is 0 Å². The number of halogens is 1. The molecule has 3 aromatic rings. The molecule has 18 heavy (non-hydrogen) atoms. The summed E-state index contributed by atoms with van der Waals surface area (Å²) in [6.45, 7) is 2.08. The van der Waals surface area contributed by atoms with Crippen molar-refractivity contribution in [1.29, 1.82) is 0 Å². The van der Waals surface area contributed by atoms with Gasteiger partial charge in [-0.1, -0.05) is 18.2 Å². The first kappa shape index (κ1) is 11.6. The summed E-state index contributed by atoms with van der Waals surface area (Å²) in [6, 6.07) is 12.2. The van der Waals surface area contributed by atoms with E-state index in [-0.39, 0.29) is 0 Å². The Morgan fingerprint density at radius 2 is 2.00 bits per heavy atom. The molecule has 0 spiro atoms. The number of benzene rings is 1. The first-order valence-corrected chi connectivity index (χ1v) is 7.08. The number of thiophene rings is 1. The zero-order chi connectivity index (χ0) is 12.5. The molecule has 0 aliphatic heterocycles. The van der Waals surface area contributed by atoms with Crippen molar-refractivity contribution >= 4 is 27.3 Å². The number of aromatic nitrogens is 3. The maximum Gasteiger partial charge on any atom is 0.178 e. The van der Waals surface area contributed by atoms with Crippen LogP contribution in [0, 0.1) is 6.92 Å². The SMILES string of the molecule is Cc1cc(-c2nncn2-c2ccccc2)sc1Br. The largest absolute Gasteiger partial charge is 0.281 e. The van der Waals surface area contributed by atoms with E-state index in [1.54, 1.807) is 17.7 Å². The summed E-state index contributed by atoms with van der Waals surface area (Å²) < 4.78 is 3.14. The molecule has 0 saturated carbocycles. The fourth-order valence-corrected chi connectivity index (χ4v) is 3.27. The van der Waals surface area contributed by atoms with E-state index in [9.17, 15) is 0 Å². The monoisotopic (exact) mass is 319 g/mol. The van der Waals surface area contributed by atoms with Gasteiger partial charge in [-0.2, -0.15) is 0 Å². The predicted octanol–water partition coefficient (Wildman–Crippen LogP) is 4.07. The van der Waals surface area contributed by atoms with Crippen molar-refractivity contribution in [3.05, 3.63) is 52.1 Å². The molecule has 0 N–H and O–H groups in total. The fraction of sp³-hybridized carbons (Fsp3) is 0.0769. The van der Waals surface area contributed by atoms with Gasteiger partial charge in [0.1, 0.15) is 6.33 Å². The standard InChI is InChI=1S/C13H10BrN3S/c1-9-7-11(18-12(9)14)13-16-15-8-17(13)10-5-3-2-4-6-10/h2-8H,1H3. The van der Waals surface area contributed by atoms with Gasteiger partial charge in [0.05, 0.1) is 8.66 Å². The second-order valence-electron chi connectivity index (χ2n) is 3.93. The van der Waals surface area contributed by atoms with Gasteiger partial charge < -0.3 is 0 Å². The summed E-state index contributed by atoms with van der Waals surface area (Å²) >= 11 is 5.22. The van der Waals surface area contributed by atoms with Crippen LogP contribution in [0.5, 0.6) is 0 Å². The van der Waals surface area contributed by atoms with Crippen molar-refractivity contribution in [2.24, 2.45) is 0 Å². The molecule has 0 amide bonds. The molecule has 0 unspecified atom stereocenters. The van der Waals surface area contributed by atoms with Crippen molar-refractivity contribution in [3.63, 3.8) is 0 Å². The molecule has 0 fully saturated rings. The van der Waals surface area contributed by atoms with E-state index in [2.05, 4.69) is 39.1 Å². The van der Waals surface area contributed by atoms with Gasteiger partial charge in [0.2, 0.25) is 0 Å². The van der Waals surface area contributed by atoms with E-state index in [1.165, 1.54) is 5.56 Å². The van der Waals surface area contributed by atoms with Gasteiger partial charge in [0.15, 0.2) is 5.82 Å². The second-order valence-corrected chi connectivity index (χ2v) is 6.30. The van der Waals surface area contributed by atoms with Crippen LogP contribution in [-0.2, 0) is 0 Å². The van der Waals surface area contributed by atoms with Crippen LogP contribution in [0.15, 0.2) is 46.5 Å². The minimum atomic E-state index is 0.875. The lowest BCUT2D eigenvalue weighted by atomic mass is 10.3. The topological polar surface area (TPSA) is 30.7 Å². The molecule has 0 saturated heterocycles. The molecule has 0 radical (unpaired) electrons. The molecule has 2 heterocycles. The van der Waals surface area contributed by atoms with Crippen LogP contribution in [0.3, 0.4) is 0 Å². The molecular weight excluding hydrogens is 310 g/mol. The molecule has 3 nitrogen and oxygen atoms in total. The van der Waals surface area contributed by atoms with Crippen molar-refractivity contribution in [1.82, 2.24) is 14.8 Å². The normalized spacial score (nSPS) is 10.8. The summed E-state index contributed by atoms with van der Waals surface area (Å²) in [7, 11) is 0. The maximum absolute atomic E-state index is 4.22. The Kier molecular flexibility index (Phi) is 3.01. The lowest BCUT2D eigenvalue weighted by Crippen LogP contribution is -1.94. The summed E-state index contributed by atoms with van der Waals surface area (Å²) in [5.74, 6) is 0.875. The maximum atomic E-state index is 4.22.